The van der Waals surface area contributed by atoms with Crippen LogP contribution in [0.4, 0.5) is 24.8 Å². The van der Waals surface area contributed by atoms with E-state index in [0.29, 0.717) is 0 Å². The Morgan fingerprint density at radius 2 is 2.05 bits per heavy atom. The molecule has 0 bridgehead atoms. The SMILES string of the molecule is NNc1cc(NC2CCCSC2)nc(C(F)(F)F)n1. The Morgan fingerprint density at radius 3 is 2.63 bits per heavy atom. The zero-order valence-corrected chi connectivity index (χ0v) is 10.8. The molecule has 1 aliphatic heterocycles. The van der Waals surface area contributed by atoms with Crippen molar-refractivity contribution >= 4 is 23.4 Å². The molecule has 0 aromatic carbocycles. The third-order valence-electron chi connectivity index (χ3n) is 2.64. The first-order valence-electron chi connectivity index (χ1n) is 5.76. The number of aromatic nitrogens is 2. The van der Waals surface area contributed by atoms with E-state index in [1.54, 1.807) is 11.8 Å². The number of thioether (sulfide) groups is 1. The molecule has 2 heterocycles. The Hall–Kier alpha value is -1.22. The molecule has 1 aromatic rings. The van der Waals surface area contributed by atoms with Gasteiger partial charge in [-0.3, -0.25) is 0 Å². The van der Waals surface area contributed by atoms with Gasteiger partial charge in [-0.2, -0.15) is 24.9 Å². The van der Waals surface area contributed by atoms with Gasteiger partial charge < -0.3 is 10.7 Å². The van der Waals surface area contributed by atoms with Crippen LogP contribution in [-0.4, -0.2) is 27.5 Å². The summed E-state index contributed by atoms with van der Waals surface area (Å²) in [5.41, 5.74) is 2.12. The highest BCUT2D eigenvalue weighted by atomic mass is 32.2. The van der Waals surface area contributed by atoms with Crippen LogP contribution < -0.4 is 16.6 Å². The fourth-order valence-corrected chi connectivity index (χ4v) is 2.86. The Bertz CT molecular complexity index is 434. The van der Waals surface area contributed by atoms with Crippen molar-refractivity contribution in [2.45, 2.75) is 25.1 Å². The molecular formula is C10H14F3N5S. The minimum atomic E-state index is -4.59. The molecule has 1 aromatic heterocycles. The third kappa shape index (κ3) is 3.87. The highest BCUT2D eigenvalue weighted by molar-refractivity contribution is 7.99. The van der Waals surface area contributed by atoms with Crippen LogP contribution in [0.2, 0.25) is 0 Å². The molecule has 9 heteroatoms. The average Bonchev–Trinajstić information content (AvgIpc) is 2.38. The number of hydrogen-bond acceptors (Lipinski definition) is 6. The highest BCUT2D eigenvalue weighted by Gasteiger charge is 2.35. The van der Waals surface area contributed by atoms with Crippen LogP contribution >= 0.6 is 11.8 Å². The molecule has 1 atom stereocenters. The number of nitrogens with one attached hydrogen (secondary N) is 2. The van der Waals surface area contributed by atoms with Crippen LogP contribution in [0.25, 0.3) is 0 Å². The summed E-state index contributed by atoms with van der Waals surface area (Å²) < 4.78 is 37.9. The van der Waals surface area contributed by atoms with Gasteiger partial charge in [0.25, 0.3) is 0 Å². The maximum absolute atomic E-state index is 12.6. The van der Waals surface area contributed by atoms with Crippen molar-refractivity contribution in [2.24, 2.45) is 5.84 Å². The maximum Gasteiger partial charge on any atom is 0.451 e. The van der Waals surface area contributed by atoms with Crippen molar-refractivity contribution in [1.82, 2.24) is 9.97 Å². The number of hydrazine groups is 1. The van der Waals surface area contributed by atoms with Gasteiger partial charge in [-0.25, -0.2) is 15.8 Å². The number of nitrogens with two attached hydrogens (primary N) is 1. The van der Waals surface area contributed by atoms with Crippen LogP contribution in [0.15, 0.2) is 6.07 Å². The molecule has 0 saturated carbocycles. The number of halogens is 3. The summed E-state index contributed by atoms with van der Waals surface area (Å²) >= 11 is 1.77. The quantitative estimate of drug-likeness (QED) is 0.585. The number of hydrogen-bond donors (Lipinski definition) is 3. The smallest absolute Gasteiger partial charge is 0.366 e. The van der Waals surface area contributed by atoms with Crippen molar-refractivity contribution in [3.8, 4) is 0 Å². The van der Waals surface area contributed by atoms with Gasteiger partial charge in [0.1, 0.15) is 11.6 Å². The van der Waals surface area contributed by atoms with Crippen LogP contribution in [-0.2, 0) is 6.18 Å². The number of nitrogen functional groups attached to an aromatic ring is 1. The Kier molecular flexibility index (Phi) is 4.35. The lowest BCUT2D eigenvalue weighted by Gasteiger charge is -2.23. The molecule has 106 valence electrons. The Labute approximate surface area is 112 Å². The summed E-state index contributed by atoms with van der Waals surface area (Å²) in [5.74, 6) is 5.95. The summed E-state index contributed by atoms with van der Waals surface area (Å²) in [7, 11) is 0. The molecule has 4 N–H and O–H groups in total. The summed E-state index contributed by atoms with van der Waals surface area (Å²) in [4.78, 5) is 6.79. The molecule has 0 amide bonds. The van der Waals surface area contributed by atoms with E-state index in [4.69, 9.17) is 5.84 Å². The average molecular weight is 293 g/mol. The van der Waals surface area contributed by atoms with Gasteiger partial charge in [0.05, 0.1) is 0 Å². The molecule has 1 saturated heterocycles. The molecule has 1 fully saturated rings. The summed E-state index contributed by atoms with van der Waals surface area (Å²) in [6.07, 6.45) is -2.63. The molecule has 19 heavy (non-hydrogen) atoms. The second kappa shape index (κ2) is 5.83. The van der Waals surface area contributed by atoms with Gasteiger partial charge in [-0.1, -0.05) is 0 Å². The monoisotopic (exact) mass is 293 g/mol. The van der Waals surface area contributed by atoms with Gasteiger partial charge in [0.2, 0.25) is 5.82 Å². The minimum Gasteiger partial charge on any atom is -0.366 e. The number of nitrogens with zero attached hydrogens (tertiary/aromatic N) is 2. The Morgan fingerprint density at radius 1 is 1.32 bits per heavy atom. The molecule has 0 aliphatic carbocycles. The van der Waals surface area contributed by atoms with Crippen LogP contribution in [0.1, 0.15) is 18.7 Å². The first-order chi connectivity index (χ1) is 8.99. The highest BCUT2D eigenvalue weighted by Crippen LogP contribution is 2.29. The van der Waals surface area contributed by atoms with E-state index in [1.807, 2.05) is 0 Å². The van der Waals surface area contributed by atoms with Crippen LogP contribution in [0.3, 0.4) is 0 Å². The van der Waals surface area contributed by atoms with E-state index in [0.717, 1.165) is 24.3 Å². The third-order valence-corrected chi connectivity index (χ3v) is 3.86. The second-order valence-electron chi connectivity index (χ2n) is 4.16. The lowest BCUT2D eigenvalue weighted by molar-refractivity contribution is -0.144. The molecule has 1 aliphatic rings. The van der Waals surface area contributed by atoms with Crippen LogP contribution in [0, 0.1) is 0 Å². The fraction of sp³-hybridized carbons (Fsp3) is 0.600. The molecule has 1 unspecified atom stereocenters. The molecule has 5 nitrogen and oxygen atoms in total. The van der Waals surface area contributed by atoms with Crippen molar-refractivity contribution < 1.29 is 13.2 Å². The molecule has 0 radical (unpaired) electrons. The Balaban J connectivity index is 2.19. The largest absolute Gasteiger partial charge is 0.451 e. The van der Waals surface area contributed by atoms with Gasteiger partial charge in [0.15, 0.2) is 0 Å². The van der Waals surface area contributed by atoms with E-state index in [-0.39, 0.29) is 17.7 Å². The predicted molar refractivity (Wildman–Crippen MR) is 68.8 cm³/mol. The summed E-state index contributed by atoms with van der Waals surface area (Å²) in [6, 6.07) is 1.49. The fourth-order valence-electron chi connectivity index (χ4n) is 1.79. The number of alkyl halides is 3. The van der Waals surface area contributed by atoms with Gasteiger partial charge in [-0.05, 0) is 18.6 Å². The van der Waals surface area contributed by atoms with Gasteiger partial charge >= 0.3 is 6.18 Å². The maximum atomic E-state index is 12.6. The van der Waals surface area contributed by atoms with E-state index in [9.17, 15) is 13.2 Å². The van der Waals surface area contributed by atoms with Crippen molar-refractivity contribution in [3.63, 3.8) is 0 Å². The normalized spacial score (nSPS) is 20.1. The van der Waals surface area contributed by atoms with E-state index < -0.39 is 12.0 Å². The lowest BCUT2D eigenvalue weighted by Crippen LogP contribution is -2.27. The van der Waals surface area contributed by atoms with Crippen molar-refractivity contribution in [1.29, 1.82) is 0 Å². The van der Waals surface area contributed by atoms with Gasteiger partial charge in [-0.15, -0.1) is 0 Å². The topological polar surface area (TPSA) is 75.9 Å². The minimum absolute atomic E-state index is 0.0618. The van der Waals surface area contributed by atoms with Crippen molar-refractivity contribution in [2.75, 3.05) is 22.2 Å². The second-order valence-corrected chi connectivity index (χ2v) is 5.31. The standard InChI is InChI=1S/C10H14F3N5S/c11-10(12,13)9-16-7(4-8(17-9)18-14)15-6-2-1-3-19-5-6/h4,6H,1-3,5,14H2,(H2,15,16,17,18). The zero-order valence-electron chi connectivity index (χ0n) is 10.00. The zero-order chi connectivity index (χ0) is 13.9. The molecule has 0 spiro atoms. The lowest BCUT2D eigenvalue weighted by atomic mass is 10.2. The van der Waals surface area contributed by atoms with Crippen LogP contribution in [0.5, 0.6) is 0 Å². The first-order valence-corrected chi connectivity index (χ1v) is 6.91. The number of anilines is 2. The van der Waals surface area contributed by atoms with E-state index in [2.05, 4.69) is 20.7 Å². The summed E-state index contributed by atoms with van der Waals surface area (Å²) in [6.45, 7) is 0. The van der Waals surface area contributed by atoms with E-state index in [1.165, 1.54) is 6.07 Å². The number of rotatable bonds is 3. The van der Waals surface area contributed by atoms with Gasteiger partial charge in [0, 0.05) is 17.9 Å². The summed E-state index contributed by atoms with van der Waals surface area (Å²) in [5, 5.41) is 3.00. The molecule has 2 rings (SSSR count). The van der Waals surface area contributed by atoms with E-state index >= 15 is 0 Å². The predicted octanol–water partition coefficient (Wildman–Crippen LogP) is 2.09. The first kappa shape index (κ1) is 14.2. The van der Waals surface area contributed by atoms with Crippen molar-refractivity contribution in [3.05, 3.63) is 11.9 Å². The molecular weight excluding hydrogens is 279 g/mol.